The predicted octanol–water partition coefficient (Wildman–Crippen LogP) is 2.33. The summed E-state index contributed by atoms with van der Waals surface area (Å²) in [4.78, 5) is 30.1. The van der Waals surface area contributed by atoms with Crippen LogP contribution in [0.3, 0.4) is 0 Å². The molecule has 7 nitrogen and oxygen atoms in total. The second kappa shape index (κ2) is 14.4. The van der Waals surface area contributed by atoms with Crippen LogP contribution in [0.4, 0.5) is 0 Å². The standard InChI is InChI=1S/3C5H10O2.CH3O.Ti/c3*1-5(2,3)4(6)7;1-2;/h3*1-3H3,(H,6,7);1H3;/q;;;-1;. The van der Waals surface area contributed by atoms with Gasteiger partial charge in [0.2, 0.25) is 0 Å². The van der Waals surface area contributed by atoms with Gasteiger partial charge in [-0.1, -0.05) is 0 Å². The van der Waals surface area contributed by atoms with E-state index in [0.29, 0.717) is 0 Å². The van der Waals surface area contributed by atoms with Crippen molar-refractivity contribution in [1.29, 1.82) is 0 Å². The van der Waals surface area contributed by atoms with E-state index in [2.05, 4.69) is 0 Å². The van der Waals surface area contributed by atoms with Crippen molar-refractivity contribution in [3.8, 4) is 0 Å². The van der Waals surface area contributed by atoms with E-state index in [9.17, 15) is 14.4 Å². The van der Waals surface area contributed by atoms with Gasteiger partial charge in [0.1, 0.15) is 0 Å². The maximum Gasteiger partial charge on any atom is 0.308 e. The van der Waals surface area contributed by atoms with E-state index in [1.807, 2.05) is 0 Å². The topological polar surface area (TPSA) is 135 Å². The van der Waals surface area contributed by atoms with Crippen LogP contribution in [0.2, 0.25) is 0 Å². The Kier molecular flexibility index (Phi) is 20.7. The molecule has 0 aromatic carbocycles. The normalized spacial score (nSPS) is 10.1. The van der Waals surface area contributed by atoms with Gasteiger partial charge in [-0.25, -0.2) is 0 Å². The van der Waals surface area contributed by atoms with Gasteiger partial charge in [-0.15, -0.1) is 0 Å². The average molecular weight is 385 g/mol. The number of hydrogen-bond acceptors (Lipinski definition) is 4. The quantitative estimate of drug-likeness (QED) is 0.545. The molecule has 0 saturated heterocycles. The van der Waals surface area contributed by atoms with Crippen molar-refractivity contribution in [2.75, 3.05) is 7.11 Å². The van der Waals surface area contributed by atoms with E-state index in [0.717, 1.165) is 7.11 Å². The van der Waals surface area contributed by atoms with Crippen LogP contribution in [-0.2, 0) is 36.1 Å². The summed E-state index contributed by atoms with van der Waals surface area (Å²) >= 11 is 0. The van der Waals surface area contributed by atoms with Crippen LogP contribution in [0, 0.1) is 16.2 Å². The molecule has 0 heterocycles. The zero-order valence-electron chi connectivity index (χ0n) is 16.5. The van der Waals surface area contributed by atoms with Crippen molar-refractivity contribution >= 4 is 17.9 Å². The van der Waals surface area contributed by atoms with Crippen molar-refractivity contribution in [3.63, 3.8) is 0 Å². The molecule has 24 heavy (non-hydrogen) atoms. The third-order valence-corrected chi connectivity index (χ3v) is 1.92. The van der Waals surface area contributed by atoms with Crippen LogP contribution in [0.25, 0.3) is 0 Å². The fourth-order valence-electron chi connectivity index (χ4n) is 0. The van der Waals surface area contributed by atoms with Gasteiger partial charge in [0.05, 0.1) is 16.2 Å². The Balaban J connectivity index is -0.0000000699. The molecular formula is C16H33O7Ti-. The number of hydrogen-bond donors (Lipinski definition) is 3. The summed E-state index contributed by atoms with van der Waals surface area (Å²) in [5.41, 5.74) is -1.75. The Bertz CT molecular complexity index is 301. The molecule has 0 aliphatic carbocycles. The number of carboxylic acids is 3. The fraction of sp³-hybridized carbons (Fsp3) is 0.812. The van der Waals surface area contributed by atoms with E-state index >= 15 is 0 Å². The summed E-state index contributed by atoms with van der Waals surface area (Å²) < 4.78 is 0. The van der Waals surface area contributed by atoms with Crippen LogP contribution >= 0.6 is 0 Å². The number of carboxylic acid groups (broad SMARTS) is 3. The average Bonchev–Trinajstić information content (AvgIpc) is 2.29. The predicted molar refractivity (Wildman–Crippen MR) is 87.2 cm³/mol. The van der Waals surface area contributed by atoms with Gasteiger partial charge in [-0.2, -0.15) is 7.11 Å². The van der Waals surface area contributed by atoms with E-state index in [1.165, 1.54) is 0 Å². The minimum Gasteiger partial charge on any atom is -0.857 e. The van der Waals surface area contributed by atoms with Gasteiger partial charge in [0, 0.05) is 21.7 Å². The zero-order chi connectivity index (χ0) is 20.2. The first-order valence-corrected chi connectivity index (χ1v) is 6.94. The summed E-state index contributed by atoms with van der Waals surface area (Å²) in [5, 5.41) is 33.0. The van der Waals surface area contributed by atoms with Gasteiger partial charge in [-0.05, 0) is 62.3 Å². The summed E-state index contributed by atoms with van der Waals surface area (Å²) in [6.07, 6.45) is 0. The van der Waals surface area contributed by atoms with Gasteiger partial charge in [0.15, 0.2) is 0 Å². The van der Waals surface area contributed by atoms with E-state index in [4.69, 9.17) is 20.4 Å². The molecule has 0 spiro atoms. The largest absolute Gasteiger partial charge is 0.857 e. The van der Waals surface area contributed by atoms with Crippen LogP contribution in [0.5, 0.6) is 0 Å². The summed E-state index contributed by atoms with van der Waals surface area (Å²) in [6.45, 7) is 15.0. The van der Waals surface area contributed by atoms with Crippen LogP contribution in [0.15, 0.2) is 0 Å². The van der Waals surface area contributed by atoms with Crippen molar-refractivity contribution in [2.24, 2.45) is 16.2 Å². The second-order valence-corrected chi connectivity index (χ2v) is 7.67. The third kappa shape index (κ3) is 29.1. The van der Waals surface area contributed by atoms with Crippen LogP contribution in [-0.4, -0.2) is 40.3 Å². The minimum absolute atomic E-state index is 0. The molecule has 144 valence electrons. The second-order valence-electron chi connectivity index (χ2n) is 7.67. The molecule has 0 bridgehead atoms. The zero-order valence-corrected chi connectivity index (χ0v) is 18.0. The molecular weight excluding hydrogens is 352 g/mol. The Morgan fingerprint density at radius 2 is 0.583 bits per heavy atom. The molecule has 0 aliphatic rings. The molecule has 3 N–H and O–H groups in total. The molecule has 0 unspecified atom stereocenters. The van der Waals surface area contributed by atoms with Crippen LogP contribution < -0.4 is 5.11 Å². The monoisotopic (exact) mass is 385 g/mol. The first-order chi connectivity index (χ1) is 9.83. The van der Waals surface area contributed by atoms with Gasteiger partial charge in [0.25, 0.3) is 0 Å². The Morgan fingerprint density at radius 3 is 0.583 bits per heavy atom. The summed E-state index contributed by atoms with van der Waals surface area (Å²) in [6, 6.07) is 0. The van der Waals surface area contributed by atoms with E-state index in [1.54, 1.807) is 62.3 Å². The smallest absolute Gasteiger partial charge is 0.308 e. The van der Waals surface area contributed by atoms with Gasteiger partial charge in [-0.3, -0.25) is 14.4 Å². The molecule has 0 saturated carbocycles. The molecule has 0 amide bonds. The molecule has 8 heteroatoms. The molecule has 0 fully saturated rings. The Morgan fingerprint density at radius 1 is 0.542 bits per heavy atom. The maximum absolute atomic E-state index is 10.0. The van der Waals surface area contributed by atoms with E-state index in [-0.39, 0.29) is 21.7 Å². The Labute approximate surface area is 160 Å². The first kappa shape index (κ1) is 34.4. The van der Waals surface area contributed by atoms with Crippen molar-refractivity contribution in [2.45, 2.75) is 62.3 Å². The van der Waals surface area contributed by atoms with Crippen molar-refractivity contribution < 1.29 is 56.5 Å². The summed E-state index contributed by atoms with van der Waals surface area (Å²) in [5.74, 6) is -2.27. The van der Waals surface area contributed by atoms with Crippen LogP contribution in [0.1, 0.15) is 62.3 Å². The van der Waals surface area contributed by atoms with Gasteiger partial charge >= 0.3 is 17.9 Å². The Hall–Kier alpha value is -0.916. The number of carbonyl (C=O) groups is 3. The molecule has 0 atom stereocenters. The summed E-state index contributed by atoms with van der Waals surface area (Å²) in [7, 11) is 0.750. The minimum atomic E-state index is -0.757. The fourth-order valence-corrected chi connectivity index (χ4v) is 0. The molecule has 0 aliphatic heterocycles. The molecule has 0 aromatic heterocycles. The van der Waals surface area contributed by atoms with Crippen molar-refractivity contribution in [1.82, 2.24) is 0 Å². The number of aliphatic carboxylic acids is 3. The van der Waals surface area contributed by atoms with E-state index < -0.39 is 34.2 Å². The molecule has 0 radical (unpaired) electrons. The maximum atomic E-state index is 10.0. The number of rotatable bonds is 0. The van der Waals surface area contributed by atoms with Crippen molar-refractivity contribution in [3.05, 3.63) is 0 Å². The molecule has 0 rings (SSSR count). The first-order valence-electron chi connectivity index (χ1n) is 6.94. The van der Waals surface area contributed by atoms with Gasteiger partial charge < -0.3 is 20.4 Å². The molecule has 0 aromatic rings. The SMILES string of the molecule is CC(C)(C)C(=O)O.CC(C)(C)C(=O)O.CC(C)(C)C(=O)O.C[O-].[Ti]. The third-order valence-electron chi connectivity index (χ3n) is 1.92.